The molecule has 0 saturated carbocycles. The number of hydrogen-bond acceptors (Lipinski definition) is 4. The SMILES string of the molecule is NCc1cccc(C(=O)NC2=C(C(=O)N/N=C/c3ccc(Cl)c(C(F)(F)F)c3)C=C(Cl)CC2)c1. The Morgan fingerprint density at radius 2 is 1.85 bits per heavy atom. The van der Waals surface area contributed by atoms with E-state index in [1.54, 1.807) is 24.3 Å². The minimum absolute atomic E-state index is 0.0801. The number of nitrogens with two attached hydrogens (primary N) is 1. The van der Waals surface area contributed by atoms with E-state index >= 15 is 0 Å². The van der Waals surface area contributed by atoms with E-state index in [0.29, 0.717) is 29.1 Å². The van der Waals surface area contributed by atoms with Crippen LogP contribution >= 0.6 is 23.2 Å². The Hall–Kier alpha value is -3.14. The van der Waals surface area contributed by atoms with Crippen molar-refractivity contribution in [3.8, 4) is 0 Å². The van der Waals surface area contributed by atoms with Crippen molar-refractivity contribution in [2.75, 3.05) is 0 Å². The van der Waals surface area contributed by atoms with Crippen LogP contribution < -0.4 is 16.5 Å². The van der Waals surface area contributed by atoms with Crippen LogP contribution in [0.5, 0.6) is 0 Å². The number of hydrazone groups is 1. The molecule has 0 saturated heterocycles. The molecule has 6 nitrogen and oxygen atoms in total. The number of alkyl halides is 3. The zero-order valence-electron chi connectivity index (χ0n) is 17.5. The number of allylic oxidation sites excluding steroid dienone is 2. The third-order valence-corrected chi connectivity index (χ3v) is 5.48. The Labute approximate surface area is 203 Å². The summed E-state index contributed by atoms with van der Waals surface area (Å²) in [5.41, 5.74) is 8.49. The summed E-state index contributed by atoms with van der Waals surface area (Å²) >= 11 is 11.7. The van der Waals surface area contributed by atoms with Crippen molar-refractivity contribution in [3.05, 3.63) is 92.1 Å². The number of benzene rings is 2. The van der Waals surface area contributed by atoms with Crippen molar-refractivity contribution in [2.45, 2.75) is 25.6 Å². The lowest BCUT2D eigenvalue weighted by Gasteiger charge is -2.18. The molecule has 11 heteroatoms. The van der Waals surface area contributed by atoms with Crippen LogP contribution in [0.15, 0.2) is 69.9 Å². The van der Waals surface area contributed by atoms with Gasteiger partial charge in [0.15, 0.2) is 0 Å². The van der Waals surface area contributed by atoms with E-state index in [0.717, 1.165) is 23.9 Å². The predicted octanol–water partition coefficient (Wildman–Crippen LogP) is 4.87. The normalized spacial score (nSPS) is 14.2. The molecular formula is C23H19Cl2F3N4O2. The van der Waals surface area contributed by atoms with Gasteiger partial charge in [0.05, 0.1) is 22.4 Å². The van der Waals surface area contributed by atoms with Crippen molar-refractivity contribution in [1.82, 2.24) is 10.7 Å². The van der Waals surface area contributed by atoms with E-state index < -0.39 is 28.6 Å². The maximum Gasteiger partial charge on any atom is 0.417 e. The van der Waals surface area contributed by atoms with Gasteiger partial charge in [-0.15, -0.1) is 0 Å². The summed E-state index contributed by atoms with van der Waals surface area (Å²) in [4.78, 5) is 25.4. The van der Waals surface area contributed by atoms with Gasteiger partial charge in [-0.25, -0.2) is 5.43 Å². The second-order valence-corrected chi connectivity index (χ2v) is 8.17. The molecule has 3 rings (SSSR count). The van der Waals surface area contributed by atoms with Crippen LogP contribution in [0.4, 0.5) is 13.2 Å². The van der Waals surface area contributed by atoms with Gasteiger partial charge in [-0.05, 0) is 54.3 Å². The molecule has 0 spiro atoms. The number of nitrogens with zero attached hydrogens (tertiary/aromatic N) is 1. The van der Waals surface area contributed by atoms with Crippen molar-refractivity contribution >= 4 is 41.2 Å². The van der Waals surface area contributed by atoms with Gasteiger partial charge in [0.25, 0.3) is 11.8 Å². The molecule has 0 aromatic heterocycles. The molecule has 4 N–H and O–H groups in total. The van der Waals surface area contributed by atoms with Gasteiger partial charge in [-0.2, -0.15) is 18.3 Å². The molecule has 1 aliphatic carbocycles. The first kappa shape index (κ1) is 25.5. The topological polar surface area (TPSA) is 96.6 Å². The van der Waals surface area contributed by atoms with Crippen LogP contribution in [0.2, 0.25) is 5.02 Å². The largest absolute Gasteiger partial charge is 0.417 e. The van der Waals surface area contributed by atoms with Crippen LogP contribution in [0, 0.1) is 0 Å². The number of hydrogen-bond donors (Lipinski definition) is 3. The minimum Gasteiger partial charge on any atom is -0.326 e. The van der Waals surface area contributed by atoms with E-state index in [9.17, 15) is 22.8 Å². The maximum atomic E-state index is 13.0. The zero-order chi connectivity index (χ0) is 24.9. The van der Waals surface area contributed by atoms with E-state index in [2.05, 4.69) is 15.8 Å². The van der Waals surface area contributed by atoms with E-state index in [4.69, 9.17) is 28.9 Å². The van der Waals surface area contributed by atoms with E-state index in [1.165, 1.54) is 12.1 Å². The Kier molecular flexibility index (Phi) is 8.14. The highest BCUT2D eigenvalue weighted by molar-refractivity contribution is 6.31. The first-order chi connectivity index (χ1) is 16.1. The first-order valence-corrected chi connectivity index (χ1v) is 10.7. The molecule has 1 aliphatic rings. The van der Waals surface area contributed by atoms with Gasteiger partial charge in [-0.1, -0.05) is 41.4 Å². The van der Waals surface area contributed by atoms with Crippen LogP contribution in [-0.2, 0) is 17.5 Å². The van der Waals surface area contributed by atoms with E-state index in [-0.39, 0.29) is 17.7 Å². The van der Waals surface area contributed by atoms with Crippen LogP contribution in [0.25, 0.3) is 0 Å². The fourth-order valence-electron chi connectivity index (χ4n) is 3.14. The lowest BCUT2D eigenvalue weighted by Crippen LogP contribution is -2.29. The molecule has 178 valence electrons. The molecule has 2 aromatic carbocycles. The molecule has 0 unspecified atom stereocenters. The van der Waals surface area contributed by atoms with Crippen molar-refractivity contribution < 1.29 is 22.8 Å². The van der Waals surface area contributed by atoms with Gasteiger partial charge in [0.2, 0.25) is 0 Å². The number of carbonyl (C=O) groups is 2. The summed E-state index contributed by atoms with van der Waals surface area (Å²) in [5, 5.41) is 6.40. The first-order valence-electron chi connectivity index (χ1n) is 9.98. The molecule has 2 amide bonds. The summed E-state index contributed by atoms with van der Waals surface area (Å²) in [7, 11) is 0. The Morgan fingerprint density at radius 1 is 1.09 bits per heavy atom. The smallest absolute Gasteiger partial charge is 0.326 e. The van der Waals surface area contributed by atoms with Gasteiger partial charge in [0.1, 0.15) is 0 Å². The van der Waals surface area contributed by atoms with Crippen LogP contribution in [-0.4, -0.2) is 18.0 Å². The second kappa shape index (κ2) is 10.9. The van der Waals surface area contributed by atoms with Crippen molar-refractivity contribution in [2.24, 2.45) is 10.8 Å². The molecule has 0 heterocycles. The Morgan fingerprint density at radius 3 is 2.56 bits per heavy atom. The van der Waals surface area contributed by atoms with Crippen LogP contribution in [0.1, 0.15) is 39.9 Å². The minimum atomic E-state index is -4.63. The van der Waals surface area contributed by atoms with Gasteiger partial charge in [-0.3, -0.25) is 9.59 Å². The predicted molar refractivity (Wildman–Crippen MR) is 124 cm³/mol. The summed E-state index contributed by atoms with van der Waals surface area (Å²) in [5.74, 6) is -1.11. The highest BCUT2D eigenvalue weighted by Gasteiger charge is 2.33. The van der Waals surface area contributed by atoms with Crippen molar-refractivity contribution in [3.63, 3.8) is 0 Å². The van der Waals surface area contributed by atoms with Gasteiger partial charge in [0, 0.05) is 22.8 Å². The Bertz CT molecular complexity index is 1210. The Balaban J connectivity index is 1.77. The number of nitrogens with one attached hydrogen (secondary N) is 2. The molecule has 0 bridgehead atoms. The summed E-state index contributed by atoms with van der Waals surface area (Å²) in [6, 6.07) is 9.98. The average Bonchev–Trinajstić information content (AvgIpc) is 2.80. The number of halogens is 5. The van der Waals surface area contributed by atoms with Crippen molar-refractivity contribution in [1.29, 1.82) is 0 Å². The fourth-order valence-corrected chi connectivity index (χ4v) is 3.57. The van der Waals surface area contributed by atoms with Gasteiger partial charge >= 0.3 is 6.18 Å². The lowest BCUT2D eigenvalue weighted by molar-refractivity contribution is -0.137. The number of amides is 2. The summed E-state index contributed by atoms with van der Waals surface area (Å²) in [6.07, 6.45) is -1.45. The number of rotatable bonds is 6. The molecule has 0 aliphatic heterocycles. The maximum absolute atomic E-state index is 13.0. The van der Waals surface area contributed by atoms with Crippen LogP contribution in [0.3, 0.4) is 0 Å². The van der Waals surface area contributed by atoms with Gasteiger partial charge < -0.3 is 11.1 Å². The van der Waals surface area contributed by atoms with E-state index in [1.807, 2.05) is 0 Å². The third-order valence-electron chi connectivity index (χ3n) is 4.85. The summed E-state index contributed by atoms with van der Waals surface area (Å²) < 4.78 is 39.0. The monoisotopic (exact) mass is 510 g/mol. The molecule has 0 radical (unpaired) electrons. The second-order valence-electron chi connectivity index (χ2n) is 7.28. The molecule has 34 heavy (non-hydrogen) atoms. The molecular weight excluding hydrogens is 492 g/mol. The standard InChI is InChI=1S/C23H19Cl2F3N4O2/c24-16-5-7-20(31-21(33)15-3-1-2-13(8-15)11-29)17(10-16)22(34)32-30-12-14-4-6-19(25)18(9-14)23(26,27)28/h1-4,6,8-10,12H,5,7,11,29H2,(H,31,33)(H,32,34)/b30-12+. The molecule has 0 atom stereocenters. The highest BCUT2D eigenvalue weighted by Crippen LogP contribution is 2.34. The molecule has 2 aromatic rings. The fraction of sp³-hybridized carbons (Fsp3) is 0.174. The molecule has 0 fully saturated rings. The third kappa shape index (κ3) is 6.47. The summed E-state index contributed by atoms with van der Waals surface area (Å²) in [6.45, 7) is 0.270. The average molecular weight is 511 g/mol. The number of carbonyl (C=O) groups excluding carboxylic acids is 2. The lowest BCUT2D eigenvalue weighted by atomic mass is 10.0. The highest BCUT2D eigenvalue weighted by atomic mass is 35.5. The quantitative estimate of drug-likeness (QED) is 0.382. The zero-order valence-corrected chi connectivity index (χ0v) is 19.1.